The Morgan fingerprint density at radius 1 is 1.03 bits per heavy atom. The molecule has 0 amide bonds. The van der Waals surface area contributed by atoms with Crippen molar-refractivity contribution >= 4 is 10.9 Å². The summed E-state index contributed by atoms with van der Waals surface area (Å²) in [6.45, 7) is 7.51. The SMILES string of the molecule is COc1cc2ccc(-c3nc(C)c(C)cc3-c3cnn(CC4(C)CCCC4)c3)cc2nn1. The molecule has 0 atom stereocenters. The third-order valence-corrected chi connectivity index (χ3v) is 6.81. The molecule has 0 spiro atoms. The number of hydrogen-bond acceptors (Lipinski definition) is 5. The molecule has 3 aromatic heterocycles. The number of ether oxygens (including phenoxy) is 1. The normalized spacial score (nSPS) is 15.4. The van der Waals surface area contributed by atoms with Crippen LogP contribution in [0.1, 0.15) is 43.9 Å². The molecule has 4 aromatic rings. The molecule has 1 aliphatic rings. The Morgan fingerprint density at radius 3 is 2.62 bits per heavy atom. The first-order chi connectivity index (χ1) is 15.4. The van der Waals surface area contributed by atoms with Crippen molar-refractivity contribution in [1.82, 2.24) is 25.0 Å². The largest absolute Gasteiger partial charge is 0.480 e. The standard InChI is InChI=1S/C26H29N5O/c1-17-11-22(21-14-27-31(15-21)16-26(3)9-5-6-10-26)25(28-18(17)2)20-8-7-19-13-24(32-4)30-29-23(19)12-20/h7-8,11-15H,5-6,9-10,16H2,1-4H3. The number of fused-ring (bicyclic) bond motifs is 1. The van der Waals surface area contributed by atoms with Crippen LogP contribution >= 0.6 is 0 Å². The first-order valence-electron chi connectivity index (χ1n) is 11.3. The van der Waals surface area contributed by atoms with Crippen LogP contribution in [0.3, 0.4) is 0 Å². The monoisotopic (exact) mass is 427 g/mol. The van der Waals surface area contributed by atoms with Gasteiger partial charge in [-0.15, -0.1) is 10.2 Å². The average Bonchev–Trinajstić information content (AvgIpc) is 3.43. The predicted molar refractivity (Wildman–Crippen MR) is 127 cm³/mol. The van der Waals surface area contributed by atoms with Crippen LogP contribution in [0.2, 0.25) is 0 Å². The van der Waals surface area contributed by atoms with E-state index < -0.39 is 0 Å². The zero-order valence-electron chi connectivity index (χ0n) is 19.2. The van der Waals surface area contributed by atoms with Crippen molar-refractivity contribution in [3.63, 3.8) is 0 Å². The minimum atomic E-state index is 0.353. The molecule has 6 nitrogen and oxygen atoms in total. The van der Waals surface area contributed by atoms with Gasteiger partial charge in [-0.3, -0.25) is 9.67 Å². The Balaban J connectivity index is 1.56. The van der Waals surface area contributed by atoms with E-state index in [4.69, 9.17) is 14.8 Å². The molecule has 1 aromatic carbocycles. The van der Waals surface area contributed by atoms with Crippen LogP contribution in [-0.4, -0.2) is 32.1 Å². The molecule has 0 bridgehead atoms. The fourth-order valence-corrected chi connectivity index (χ4v) is 4.78. The summed E-state index contributed by atoms with van der Waals surface area (Å²) in [7, 11) is 1.60. The molecule has 3 heterocycles. The van der Waals surface area contributed by atoms with Gasteiger partial charge in [0.25, 0.3) is 0 Å². The second-order valence-corrected chi connectivity index (χ2v) is 9.39. The maximum atomic E-state index is 5.20. The molecule has 0 saturated heterocycles. The molecular formula is C26H29N5O. The second kappa shape index (κ2) is 8.01. The van der Waals surface area contributed by atoms with Gasteiger partial charge in [0.05, 0.1) is 24.5 Å². The Kier molecular flexibility index (Phi) is 5.16. The minimum Gasteiger partial charge on any atom is -0.480 e. The highest BCUT2D eigenvalue weighted by atomic mass is 16.5. The van der Waals surface area contributed by atoms with Crippen LogP contribution in [-0.2, 0) is 6.54 Å². The number of nitrogens with zero attached hydrogens (tertiary/aromatic N) is 5. The number of pyridine rings is 1. The van der Waals surface area contributed by atoms with Gasteiger partial charge in [0.1, 0.15) is 0 Å². The van der Waals surface area contributed by atoms with Gasteiger partial charge < -0.3 is 4.74 Å². The fourth-order valence-electron chi connectivity index (χ4n) is 4.78. The lowest BCUT2D eigenvalue weighted by atomic mass is 9.89. The molecule has 164 valence electrons. The Labute approximate surface area is 188 Å². The molecule has 1 fully saturated rings. The van der Waals surface area contributed by atoms with Crippen LogP contribution in [0, 0.1) is 19.3 Å². The molecule has 6 heteroatoms. The first-order valence-corrected chi connectivity index (χ1v) is 11.3. The number of rotatable bonds is 5. The topological polar surface area (TPSA) is 65.7 Å². The lowest BCUT2D eigenvalue weighted by Gasteiger charge is -2.23. The summed E-state index contributed by atoms with van der Waals surface area (Å²) >= 11 is 0. The number of methoxy groups -OCH3 is 1. The summed E-state index contributed by atoms with van der Waals surface area (Å²) in [5.74, 6) is 0.513. The van der Waals surface area contributed by atoms with Gasteiger partial charge in [0, 0.05) is 46.6 Å². The summed E-state index contributed by atoms with van der Waals surface area (Å²) < 4.78 is 7.31. The number of hydrogen-bond donors (Lipinski definition) is 0. The van der Waals surface area contributed by atoms with Gasteiger partial charge in [0.15, 0.2) is 0 Å². The van der Waals surface area contributed by atoms with Crippen molar-refractivity contribution in [2.45, 2.75) is 53.0 Å². The maximum Gasteiger partial charge on any atom is 0.233 e. The number of aromatic nitrogens is 5. The summed E-state index contributed by atoms with van der Waals surface area (Å²) in [5.41, 5.74) is 7.52. The Hall–Kier alpha value is -3.28. The summed E-state index contributed by atoms with van der Waals surface area (Å²) in [5, 5.41) is 14.2. The average molecular weight is 428 g/mol. The quantitative estimate of drug-likeness (QED) is 0.405. The van der Waals surface area contributed by atoms with Crippen molar-refractivity contribution in [2.75, 3.05) is 7.11 Å². The Bertz CT molecular complexity index is 1290. The van der Waals surface area contributed by atoms with E-state index in [-0.39, 0.29) is 0 Å². The molecule has 0 unspecified atom stereocenters. The van der Waals surface area contributed by atoms with Crippen molar-refractivity contribution in [3.8, 4) is 28.3 Å². The minimum absolute atomic E-state index is 0.353. The van der Waals surface area contributed by atoms with E-state index in [0.29, 0.717) is 11.3 Å². The highest BCUT2D eigenvalue weighted by Crippen LogP contribution is 2.39. The molecule has 0 N–H and O–H groups in total. The lowest BCUT2D eigenvalue weighted by Crippen LogP contribution is -2.19. The Morgan fingerprint density at radius 2 is 1.84 bits per heavy atom. The zero-order valence-corrected chi connectivity index (χ0v) is 19.2. The van der Waals surface area contributed by atoms with Gasteiger partial charge >= 0.3 is 0 Å². The van der Waals surface area contributed by atoms with Gasteiger partial charge in [0.2, 0.25) is 5.88 Å². The van der Waals surface area contributed by atoms with E-state index in [1.54, 1.807) is 7.11 Å². The number of benzene rings is 1. The zero-order chi connectivity index (χ0) is 22.3. The van der Waals surface area contributed by atoms with E-state index in [2.05, 4.69) is 54.0 Å². The fraction of sp³-hybridized carbons (Fsp3) is 0.385. The van der Waals surface area contributed by atoms with Crippen molar-refractivity contribution in [2.24, 2.45) is 5.41 Å². The predicted octanol–water partition coefficient (Wildman–Crippen LogP) is 5.76. The van der Waals surface area contributed by atoms with E-state index in [1.165, 1.54) is 31.2 Å². The van der Waals surface area contributed by atoms with E-state index in [1.807, 2.05) is 24.4 Å². The summed E-state index contributed by atoms with van der Waals surface area (Å²) in [6, 6.07) is 10.3. The van der Waals surface area contributed by atoms with Crippen molar-refractivity contribution in [1.29, 1.82) is 0 Å². The maximum absolute atomic E-state index is 5.20. The molecule has 0 aliphatic heterocycles. The van der Waals surface area contributed by atoms with Gasteiger partial charge in [-0.25, -0.2) is 0 Å². The van der Waals surface area contributed by atoms with Gasteiger partial charge in [-0.05, 0) is 49.8 Å². The molecule has 0 radical (unpaired) electrons. The van der Waals surface area contributed by atoms with Crippen molar-refractivity contribution in [3.05, 3.63) is 54.0 Å². The van der Waals surface area contributed by atoms with E-state index in [0.717, 1.165) is 45.5 Å². The number of aryl methyl sites for hydroxylation is 2. The highest BCUT2D eigenvalue weighted by molar-refractivity contribution is 5.88. The van der Waals surface area contributed by atoms with E-state index >= 15 is 0 Å². The van der Waals surface area contributed by atoms with Gasteiger partial charge in [-0.1, -0.05) is 31.9 Å². The van der Waals surface area contributed by atoms with Gasteiger partial charge in [-0.2, -0.15) is 5.10 Å². The molecule has 1 saturated carbocycles. The third kappa shape index (κ3) is 3.85. The highest BCUT2D eigenvalue weighted by Gasteiger charge is 2.29. The molecule has 5 rings (SSSR count). The lowest BCUT2D eigenvalue weighted by molar-refractivity contribution is 0.268. The molecular weight excluding hydrogens is 398 g/mol. The summed E-state index contributed by atoms with van der Waals surface area (Å²) in [4.78, 5) is 4.98. The van der Waals surface area contributed by atoms with Crippen LogP contribution in [0.25, 0.3) is 33.3 Å². The first kappa shape index (κ1) is 20.6. The molecule has 32 heavy (non-hydrogen) atoms. The smallest absolute Gasteiger partial charge is 0.233 e. The third-order valence-electron chi connectivity index (χ3n) is 6.81. The van der Waals surface area contributed by atoms with Crippen LogP contribution in [0.5, 0.6) is 5.88 Å². The summed E-state index contributed by atoms with van der Waals surface area (Å²) in [6.07, 6.45) is 9.35. The van der Waals surface area contributed by atoms with E-state index in [9.17, 15) is 0 Å². The van der Waals surface area contributed by atoms with Crippen LogP contribution in [0.4, 0.5) is 0 Å². The van der Waals surface area contributed by atoms with Crippen molar-refractivity contribution < 1.29 is 4.74 Å². The van der Waals surface area contributed by atoms with Crippen LogP contribution < -0.4 is 4.74 Å². The second-order valence-electron chi connectivity index (χ2n) is 9.39. The van der Waals surface area contributed by atoms with Crippen LogP contribution in [0.15, 0.2) is 42.7 Å². The molecule has 1 aliphatic carbocycles.